The second-order valence-electron chi connectivity index (χ2n) is 9.77. The first-order valence-corrected chi connectivity index (χ1v) is 11.5. The van der Waals surface area contributed by atoms with Gasteiger partial charge < -0.3 is 10.6 Å². The molecule has 1 aromatic carbocycles. The molecule has 7 nitrogen and oxygen atoms in total. The van der Waals surface area contributed by atoms with E-state index in [-0.39, 0.29) is 5.54 Å². The fourth-order valence-electron chi connectivity index (χ4n) is 4.22. The Morgan fingerprint density at radius 2 is 1.82 bits per heavy atom. The van der Waals surface area contributed by atoms with Crippen molar-refractivity contribution in [1.82, 2.24) is 29.9 Å². The lowest BCUT2D eigenvalue weighted by Crippen LogP contribution is -2.29. The van der Waals surface area contributed by atoms with E-state index in [2.05, 4.69) is 94.5 Å². The highest BCUT2D eigenvalue weighted by molar-refractivity contribution is 5.89. The van der Waals surface area contributed by atoms with Gasteiger partial charge in [0.2, 0.25) is 0 Å². The SMILES string of the molecule is C=C(Nc1cc2cc(-c3cnn(C(C)(C)C)c3)ccc2cn1)c1cnn(C2CCNCC2)c1. The largest absolute Gasteiger partial charge is 0.340 e. The highest BCUT2D eigenvalue weighted by atomic mass is 15.3. The van der Waals surface area contributed by atoms with Crippen molar-refractivity contribution in [2.24, 2.45) is 0 Å². The first-order valence-electron chi connectivity index (χ1n) is 11.5. The number of piperidine rings is 1. The maximum atomic E-state index is 4.58. The number of anilines is 1. The first-order chi connectivity index (χ1) is 15.9. The number of benzene rings is 1. The first kappa shape index (κ1) is 21.4. The third kappa shape index (κ3) is 4.54. The van der Waals surface area contributed by atoms with E-state index >= 15 is 0 Å². The van der Waals surface area contributed by atoms with Crippen LogP contribution in [0.3, 0.4) is 0 Å². The molecule has 7 heteroatoms. The summed E-state index contributed by atoms with van der Waals surface area (Å²) in [6.07, 6.45) is 12.1. The molecule has 0 amide bonds. The molecule has 2 N–H and O–H groups in total. The number of nitrogens with one attached hydrogen (secondary N) is 2. The zero-order valence-corrected chi connectivity index (χ0v) is 19.5. The molecule has 0 atom stereocenters. The molecular weight excluding hydrogens is 410 g/mol. The van der Waals surface area contributed by atoms with E-state index in [1.54, 1.807) is 0 Å². The van der Waals surface area contributed by atoms with Crippen LogP contribution in [0.1, 0.15) is 45.2 Å². The highest BCUT2D eigenvalue weighted by Gasteiger charge is 2.17. The Labute approximate surface area is 194 Å². The number of hydrogen-bond acceptors (Lipinski definition) is 5. The minimum atomic E-state index is -0.0435. The van der Waals surface area contributed by atoms with E-state index in [9.17, 15) is 0 Å². The molecule has 0 unspecified atom stereocenters. The monoisotopic (exact) mass is 441 g/mol. The number of nitrogens with zero attached hydrogens (tertiary/aromatic N) is 5. The molecule has 33 heavy (non-hydrogen) atoms. The minimum Gasteiger partial charge on any atom is -0.340 e. The number of hydrogen-bond donors (Lipinski definition) is 2. The van der Waals surface area contributed by atoms with Crippen LogP contribution in [-0.2, 0) is 5.54 Å². The van der Waals surface area contributed by atoms with Crippen molar-refractivity contribution < 1.29 is 0 Å². The predicted molar refractivity (Wildman–Crippen MR) is 134 cm³/mol. The molecule has 0 saturated carbocycles. The van der Waals surface area contributed by atoms with Crippen molar-refractivity contribution in [3.63, 3.8) is 0 Å². The van der Waals surface area contributed by atoms with Crippen LogP contribution in [-0.4, -0.2) is 37.6 Å². The Balaban J connectivity index is 1.35. The summed E-state index contributed by atoms with van der Waals surface area (Å²) in [6.45, 7) is 12.8. The summed E-state index contributed by atoms with van der Waals surface area (Å²) < 4.78 is 4.07. The van der Waals surface area contributed by atoms with Crippen LogP contribution < -0.4 is 10.6 Å². The fraction of sp³-hybridized carbons (Fsp3) is 0.346. The predicted octanol–water partition coefficient (Wildman–Crippen LogP) is 5.06. The molecule has 1 fully saturated rings. The van der Waals surface area contributed by atoms with Crippen LogP contribution in [0.25, 0.3) is 27.6 Å². The van der Waals surface area contributed by atoms with Crippen LogP contribution in [0.15, 0.2) is 61.8 Å². The Morgan fingerprint density at radius 3 is 2.58 bits per heavy atom. The summed E-state index contributed by atoms with van der Waals surface area (Å²) >= 11 is 0. The Kier molecular flexibility index (Phi) is 5.50. The molecule has 0 bridgehead atoms. The van der Waals surface area contributed by atoms with Gasteiger partial charge in [-0.3, -0.25) is 9.36 Å². The van der Waals surface area contributed by atoms with Gasteiger partial charge in [0.1, 0.15) is 5.82 Å². The lowest BCUT2D eigenvalue weighted by molar-refractivity contribution is 0.343. The minimum absolute atomic E-state index is 0.0435. The Bertz CT molecular complexity index is 1290. The van der Waals surface area contributed by atoms with Crippen molar-refractivity contribution >= 4 is 22.3 Å². The molecule has 5 rings (SSSR count). The van der Waals surface area contributed by atoms with Gasteiger partial charge in [-0.2, -0.15) is 10.2 Å². The molecule has 170 valence electrons. The van der Waals surface area contributed by atoms with Crippen LogP contribution >= 0.6 is 0 Å². The molecule has 0 radical (unpaired) electrons. The van der Waals surface area contributed by atoms with Crippen LogP contribution in [0.2, 0.25) is 0 Å². The van der Waals surface area contributed by atoms with Crippen LogP contribution in [0.5, 0.6) is 0 Å². The van der Waals surface area contributed by atoms with Crippen LogP contribution in [0, 0.1) is 0 Å². The highest BCUT2D eigenvalue weighted by Crippen LogP contribution is 2.28. The number of aromatic nitrogens is 5. The Morgan fingerprint density at radius 1 is 1.00 bits per heavy atom. The van der Waals surface area contributed by atoms with E-state index in [0.717, 1.165) is 64.9 Å². The van der Waals surface area contributed by atoms with Gasteiger partial charge in [0.05, 0.1) is 24.0 Å². The van der Waals surface area contributed by atoms with Gasteiger partial charge in [0.15, 0.2) is 0 Å². The van der Waals surface area contributed by atoms with Crippen molar-refractivity contribution in [2.75, 3.05) is 18.4 Å². The van der Waals surface area contributed by atoms with Gasteiger partial charge in [-0.1, -0.05) is 18.7 Å². The summed E-state index contributed by atoms with van der Waals surface area (Å²) in [5, 5.41) is 18.1. The molecule has 0 spiro atoms. The molecule has 4 aromatic rings. The second kappa shape index (κ2) is 8.48. The zero-order valence-electron chi connectivity index (χ0n) is 19.5. The number of rotatable bonds is 5. The summed E-state index contributed by atoms with van der Waals surface area (Å²) in [6, 6.07) is 8.93. The lowest BCUT2D eigenvalue weighted by Gasteiger charge is -2.22. The quantitative estimate of drug-likeness (QED) is 0.453. The summed E-state index contributed by atoms with van der Waals surface area (Å²) in [7, 11) is 0. The van der Waals surface area contributed by atoms with Gasteiger partial charge in [0, 0.05) is 40.8 Å². The van der Waals surface area contributed by atoms with Crippen molar-refractivity contribution in [3.8, 4) is 11.1 Å². The topological polar surface area (TPSA) is 72.6 Å². The van der Waals surface area contributed by atoms with Crippen molar-refractivity contribution in [1.29, 1.82) is 0 Å². The molecular formula is C26H31N7. The average molecular weight is 442 g/mol. The maximum absolute atomic E-state index is 4.58. The standard InChI is InChI=1S/C26H31N7/c1-18(22-14-29-32(16-22)24-7-9-27-10-8-24)31-25-12-21-11-19(5-6-20(21)13-28-25)23-15-30-33(17-23)26(2,3)4/h5-6,11-17,24,27H,1,7-10H2,2-4H3,(H,28,31). The van der Waals surface area contributed by atoms with E-state index in [0.29, 0.717) is 6.04 Å². The molecule has 1 aliphatic rings. The zero-order chi connectivity index (χ0) is 23.0. The molecule has 3 aromatic heterocycles. The summed E-state index contributed by atoms with van der Waals surface area (Å²) in [5.41, 5.74) is 3.98. The molecule has 1 saturated heterocycles. The number of pyridine rings is 1. The van der Waals surface area contributed by atoms with E-state index in [4.69, 9.17) is 0 Å². The third-order valence-corrected chi connectivity index (χ3v) is 6.24. The second-order valence-corrected chi connectivity index (χ2v) is 9.77. The normalized spacial score (nSPS) is 15.1. The third-order valence-electron chi connectivity index (χ3n) is 6.24. The van der Waals surface area contributed by atoms with Gasteiger partial charge >= 0.3 is 0 Å². The molecule has 4 heterocycles. The lowest BCUT2D eigenvalue weighted by atomic mass is 10.0. The van der Waals surface area contributed by atoms with E-state index in [1.165, 1.54) is 0 Å². The molecule has 0 aliphatic carbocycles. The summed E-state index contributed by atoms with van der Waals surface area (Å²) in [5.74, 6) is 0.768. The smallest absolute Gasteiger partial charge is 0.130 e. The van der Waals surface area contributed by atoms with Gasteiger partial charge in [0.25, 0.3) is 0 Å². The van der Waals surface area contributed by atoms with Gasteiger partial charge in [-0.15, -0.1) is 0 Å². The number of fused-ring (bicyclic) bond motifs is 1. The van der Waals surface area contributed by atoms with E-state index < -0.39 is 0 Å². The van der Waals surface area contributed by atoms with Crippen LogP contribution in [0.4, 0.5) is 5.82 Å². The average Bonchev–Trinajstić information content (AvgIpc) is 3.49. The molecule has 1 aliphatic heterocycles. The summed E-state index contributed by atoms with van der Waals surface area (Å²) in [4.78, 5) is 4.58. The van der Waals surface area contributed by atoms with Crippen molar-refractivity contribution in [2.45, 2.75) is 45.2 Å². The Hall–Kier alpha value is -3.45. The van der Waals surface area contributed by atoms with Gasteiger partial charge in [-0.25, -0.2) is 4.98 Å². The maximum Gasteiger partial charge on any atom is 0.130 e. The van der Waals surface area contributed by atoms with Gasteiger partial charge in [-0.05, 0) is 69.8 Å². The fourth-order valence-corrected chi connectivity index (χ4v) is 4.22. The van der Waals surface area contributed by atoms with E-state index in [1.807, 2.05) is 23.3 Å². The van der Waals surface area contributed by atoms with Crippen molar-refractivity contribution in [3.05, 3.63) is 67.4 Å².